The molecule has 0 unspecified atom stereocenters. The van der Waals surface area contributed by atoms with Crippen LogP contribution in [0, 0.1) is 5.82 Å². The van der Waals surface area contributed by atoms with Crippen molar-refractivity contribution in [2.75, 3.05) is 26.4 Å². The van der Waals surface area contributed by atoms with Crippen molar-refractivity contribution in [1.82, 2.24) is 9.47 Å². The molecule has 5 rings (SSSR count). The average Bonchev–Trinajstić information content (AvgIpc) is 3.24. The summed E-state index contributed by atoms with van der Waals surface area (Å²) in [5.41, 5.74) is 3.91. The minimum Gasteiger partial charge on any atom is -0.491 e. The van der Waals surface area contributed by atoms with Crippen molar-refractivity contribution < 1.29 is 18.7 Å². The second-order valence-electron chi connectivity index (χ2n) is 8.53. The van der Waals surface area contributed by atoms with E-state index < -0.39 is 0 Å². The minimum absolute atomic E-state index is 0.0334. The Labute approximate surface area is 198 Å². The third kappa shape index (κ3) is 5.13. The maximum absolute atomic E-state index is 13.9. The Hall–Kier alpha value is -3.64. The van der Waals surface area contributed by atoms with Crippen LogP contribution in [0.2, 0.25) is 0 Å². The van der Waals surface area contributed by atoms with Gasteiger partial charge in [0.1, 0.15) is 24.7 Å². The zero-order valence-corrected chi connectivity index (χ0v) is 19.0. The van der Waals surface area contributed by atoms with Crippen molar-refractivity contribution in [2.24, 2.45) is 0 Å². The van der Waals surface area contributed by atoms with E-state index in [2.05, 4.69) is 6.07 Å². The molecule has 174 valence electrons. The number of hydrogen-bond donors (Lipinski definition) is 0. The Bertz CT molecular complexity index is 1300. The number of benzene rings is 3. The van der Waals surface area contributed by atoms with Crippen LogP contribution in [-0.4, -0.2) is 41.7 Å². The molecule has 0 aliphatic carbocycles. The van der Waals surface area contributed by atoms with Crippen molar-refractivity contribution in [3.05, 3.63) is 102 Å². The van der Waals surface area contributed by atoms with Gasteiger partial charge in [0.05, 0.1) is 13.2 Å². The Morgan fingerprint density at radius 3 is 2.74 bits per heavy atom. The first-order chi connectivity index (χ1) is 16.7. The Morgan fingerprint density at radius 2 is 1.79 bits per heavy atom. The van der Waals surface area contributed by atoms with Gasteiger partial charge in [-0.15, -0.1) is 0 Å². The van der Waals surface area contributed by atoms with Gasteiger partial charge < -0.3 is 18.9 Å². The molecule has 1 aromatic heterocycles. The number of hydrogen-bond acceptors (Lipinski definition) is 3. The molecule has 3 aromatic carbocycles. The van der Waals surface area contributed by atoms with E-state index in [9.17, 15) is 9.18 Å². The van der Waals surface area contributed by atoms with Crippen LogP contribution in [0.5, 0.6) is 5.75 Å². The molecular weight excluding hydrogens is 431 g/mol. The van der Waals surface area contributed by atoms with Crippen LogP contribution in [0.1, 0.15) is 16.7 Å². The summed E-state index contributed by atoms with van der Waals surface area (Å²) < 4.78 is 27.5. The summed E-state index contributed by atoms with van der Waals surface area (Å²) in [5.74, 6) is 0.416. The molecule has 1 aliphatic heterocycles. The lowest BCUT2D eigenvalue weighted by Crippen LogP contribution is -2.36. The molecule has 0 saturated carbocycles. The van der Waals surface area contributed by atoms with E-state index in [1.165, 1.54) is 12.1 Å². The third-order valence-corrected chi connectivity index (χ3v) is 6.11. The van der Waals surface area contributed by atoms with Crippen molar-refractivity contribution in [1.29, 1.82) is 0 Å². The summed E-state index contributed by atoms with van der Waals surface area (Å²) in [4.78, 5) is 15.2. The molecule has 2 heterocycles. The van der Waals surface area contributed by atoms with Gasteiger partial charge in [-0.1, -0.05) is 42.5 Å². The number of ether oxygens (including phenoxy) is 2. The number of aromatic nitrogens is 1. The third-order valence-electron chi connectivity index (χ3n) is 6.11. The normalized spacial score (nSPS) is 14.8. The van der Waals surface area contributed by atoms with Crippen LogP contribution >= 0.6 is 0 Å². The summed E-state index contributed by atoms with van der Waals surface area (Å²) in [6.45, 7) is 2.42. The number of nitrogens with zero attached hydrogens (tertiary/aromatic N) is 2. The van der Waals surface area contributed by atoms with E-state index in [1.54, 1.807) is 6.07 Å². The molecule has 0 fully saturated rings. The van der Waals surface area contributed by atoms with Gasteiger partial charge in [-0.2, -0.15) is 0 Å². The highest BCUT2D eigenvalue weighted by atomic mass is 19.1. The van der Waals surface area contributed by atoms with Crippen LogP contribution < -0.4 is 4.74 Å². The molecule has 34 heavy (non-hydrogen) atoms. The summed E-state index contributed by atoms with van der Waals surface area (Å²) in [6.07, 6.45) is 2.50. The molecule has 0 radical (unpaired) electrons. The summed E-state index contributed by atoms with van der Waals surface area (Å²) in [7, 11) is 0. The van der Waals surface area contributed by atoms with E-state index in [-0.39, 0.29) is 18.3 Å². The Morgan fingerprint density at radius 1 is 0.912 bits per heavy atom. The maximum atomic E-state index is 13.9. The zero-order chi connectivity index (χ0) is 23.3. The number of halogens is 1. The first-order valence-corrected chi connectivity index (χ1v) is 11.5. The quantitative estimate of drug-likeness (QED) is 0.433. The van der Waals surface area contributed by atoms with Gasteiger partial charge >= 0.3 is 0 Å². The Balaban J connectivity index is 1.39. The van der Waals surface area contributed by atoms with E-state index in [1.807, 2.05) is 64.2 Å². The second kappa shape index (κ2) is 10.1. The lowest BCUT2D eigenvalue weighted by atomic mass is 10.0. The molecule has 0 spiro atoms. The Kier molecular flexibility index (Phi) is 6.58. The molecule has 2 bridgehead atoms. The first kappa shape index (κ1) is 22.2. The molecule has 5 nitrogen and oxygen atoms in total. The highest BCUT2D eigenvalue weighted by Gasteiger charge is 2.17. The standard InChI is InChI=1S/C28H27FN2O3/c29-25-8-9-27-24(18-25)17-21-4-3-5-22(16-21)19-31(12-13-33-14-15-34-27)28(32)20-30-11-10-23-6-1-2-7-26(23)30/h1-11,16,18H,12-15,17,19-20H2. The zero-order valence-electron chi connectivity index (χ0n) is 19.0. The molecular formula is C28H27FN2O3. The second-order valence-corrected chi connectivity index (χ2v) is 8.53. The number of para-hydroxylation sites is 1. The maximum Gasteiger partial charge on any atom is 0.242 e. The van der Waals surface area contributed by atoms with Gasteiger partial charge in [-0.05, 0) is 46.8 Å². The lowest BCUT2D eigenvalue weighted by Gasteiger charge is -2.24. The van der Waals surface area contributed by atoms with E-state index in [0.29, 0.717) is 45.1 Å². The van der Waals surface area contributed by atoms with Crippen molar-refractivity contribution in [2.45, 2.75) is 19.5 Å². The van der Waals surface area contributed by atoms with Crippen LogP contribution in [0.25, 0.3) is 10.9 Å². The fraction of sp³-hybridized carbons (Fsp3) is 0.250. The van der Waals surface area contributed by atoms with Gasteiger partial charge in [0.2, 0.25) is 5.91 Å². The van der Waals surface area contributed by atoms with Crippen LogP contribution in [-0.2, 0) is 29.0 Å². The summed E-state index contributed by atoms with van der Waals surface area (Å²) >= 11 is 0. The summed E-state index contributed by atoms with van der Waals surface area (Å²) in [5, 5.41) is 1.11. The SMILES string of the molecule is O=C(Cn1ccc2ccccc21)N1CCOCCOc2ccc(F)cc2Cc2cccc(c2)C1. The largest absolute Gasteiger partial charge is 0.491 e. The molecule has 6 heteroatoms. The number of rotatable bonds is 2. The fourth-order valence-electron chi connectivity index (χ4n) is 4.41. The van der Waals surface area contributed by atoms with Crippen LogP contribution in [0.3, 0.4) is 0 Å². The predicted octanol–water partition coefficient (Wildman–Crippen LogP) is 4.81. The molecule has 4 aromatic rings. The fourth-order valence-corrected chi connectivity index (χ4v) is 4.41. The lowest BCUT2D eigenvalue weighted by molar-refractivity contribution is -0.133. The van der Waals surface area contributed by atoms with Gasteiger partial charge in [-0.25, -0.2) is 4.39 Å². The van der Waals surface area contributed by atoms with Crippen LogP contribution in [0.4, 0.5) is 4.39 Å². The topological polar surface area (TPSA) is 43.7 Å². The summed E-state index contributed by atoms with van der Waals surface area (Å²) in [6, 6.07) is 22.8. The highest BCUT2D eigenvalue weighted by Crippen LogP contribution is 2.24. The predicted molar refractivity (Wildman–Crippen MR) is 129 cm³/mol. The van der Waals surface area contributed by atoms with Gasteiger partial charge in [0, 0.05) is 36.8 Å². The highest BCUT2D eigenvalue weighted by molar-refractivity contribution is 5.83. The molecule has 1 aliphatic rings. The number of carbonyl (C=O) groups excluding carboxylic acids is 1. The monoisotopic (exact) mass is 458 g/mol. The van der Waals surface area contributed by atoms with Crippen molar-refractivity contribution in [3.8, 4) is 5.75 Å². The van der Waals surface area contributed by atoms with Gasteiger partial charge in [-0.3, -0.25) is 4.79 Å². The molecule has 0 saturated heterocycles. The number of amides is 1. The van der Waals surface area contributed by atoms with Gasteiger partial charge in [0.15, 0.2) is 0 Å². The van der Waals surface area contributed by atoms with E-state index >= 15 is 0 Å². The van der Waals surface area contributed by atoms with Crippen molar-refractivity contribution >= 4 is 16.8 Å². The van der Waals surface area contributed by atoms with E-state index in [4.69, 9.17) is 9.47 Å². The van der Waals surface area contributed by atoms with Crippen LogP contribution in [0.15, 0.2) is 79.0 Å². The first-order valence-electron chi connectivity index (χ1n) is 11.5. The minimum atomic E-state index is -0.287. The molecule has 0 atom stereocenters. The molecule has 0 N–H and O–H groups in total. The van der Waals surface area contributed by atoms with Gasteiger partial charge in [0.25, 0.3) is 0 Å². The number of fused-ring (bicyclic) bond motifs is 4. The van der Waals surface area contributed by atoms with Crippen molar-refractivity contribution in [3.63, 3.8) is 0 Å². The number of carbonyl (C=O) groups is 1. The average molecular weight is 459 g/mol. The molecule has 1 amide bonds. The smallest absolute Gasteiger partial charge is 0.242 e. The van der Waals surface area contributed by atoms with E-state index in [0.717, 1.165) is 27.6 Å².